The Labute approximate surface area is 163 Å². The zero-order valence-corrected chi connectivity index (χ0v) is 14.3. The highest BCUT2D eigenvalue weighted by atomic mass is 19.4. The van der Waals surface area contributed by atoms with Crippen LogP contribution in [0.4, 0.5) is 64.1 Å². The molecular weight excluding hydrogens is 464 g/mol. The molecule has 31 heavy (non-hydrogen) atoms. The highest BCUT2D eigenvalue weighted by Gasteiger charge is 2.39. The fourth-order valence-electron chi connectivity index (χ4n) is 2.21. The van der Waals surface area contributed by atoms with Crippen molar-refractivity contribution in [3.8, 4) is 0 Å². The van der Waals surface area contributed by atoms with Crippen molar-refractivity contribution >= 4 is 11.4 Å². The van der Waals surface area contributed by atoms with Gasteiger partial charge in [0, 0.05) is 17.2 Å². The summed E-state index contributed by atoms with van der Waals surface area (Å²) < 4.78 is 154. The molecular formula is C16H6F12N2O. The Morgan fingerprint density at radius 3 is 1.10 bits per heavy atom. The molecule has 170 valence electrons. The summed E-state index contributed by atoms with van der Waals surface area (Å²) in [7, 11) is 0. The van der Waals surface area contributed by atoms with Crippen LogP contribution in [-0.2, 0) is 24.7 Å². The summed E-state index contributed by atoms with van der Waals surface area (Å²) >= 11 is 0. The summed E-state index contributed by atoms with van der Waals surface area (Å²) in [5, 5.41) is 14.7. The average Bonchev–Trinajstić information content (AvgIpc) is 2.58. The van der Waals surface area contributed by atoms with Crippen LogP contribution in [0.2, 0.25) is 0 Å². The van der Waals surface area contributed by atoms with E-state index < -0.39 is 63.2 Å². The van der Waals surface area contributed by atoms with Crippen LogP contribution in [0.15, 0.2) is 41.5 Å². The van der Waals surface area contributed by atoms with E-state index in [4.69, 9.17) is 0 Å². The van der Waals surface area contributed by atoms with E-state index >= 15 is 0 Å². The minimum Gasteiger partial charge on any atom is -0.594 e. The molecule has 0 aliphatic heterocycles. The van der Waals surface area contributed by atoms with Gasteiger partial charge in [0.2, 0.25) is 5.69 Å². The average molecular weight is 470 g/mol. The summed E-state index contributed by atoms with van der Waals surface area (Å²) in [5.74, 6) is 0. The lowest BCUT2D eigenvalue weighted by molar-refractivity contribution is -0.435. The number of halogens is 12. The van der Waals surface area contributed by atoms with Crippen molar-refractivity contribution in [3.63, 3.8) is 0 Å². The summed E-state index contributed by atoms with van der Waals surface area (Å²) in [6, 6.07) is -0.881. The molecule has 0 amide bonds. The first-order valence-electron chi connectivity index (χ1n) is 7.56. The third kappa shape index (κ3) is 6.01. The highest BCUT2D eigenvalue weighted by Crippen LogP contribution is 2.40. The second-order valence-corrected chi connectivity index (χ2v) is 5.90. The van der Waals surface area contributed by atoms with Crippen LogP contribution < -0.4 is 0 Å². The van der Waals surface area contributed by atoms with Crippen LogP contribution >= 0.6 is 0 Å². The minimum atomic E-state index is -5.35. The molecule has 0 saturated carbocycles. The first kappa shape index (κ1) is 24.3. The second kappa shape index (κ2) is 7.60. The Bertz CT molecular complexity index is 935. The number of rotatable bonds is 2. The molecule has 0 spiro atoms. The lowest BCUT2D eigenvalue weighted by Crippen LogP contribution is -2.12. The normalized spacial score (nSPS) is 14.1. The number of alkyl halides is 12. The number of azo groups is 1. The van der Waals surface area contributed by atoms with Crippen LogP contribution in [0.5, 0.6) is 0 Å². The fourth-order valence-corrected chi connectivity index (χ4v) is 2.21. The summed E-state index contributed by atoms with van der Waals surface area (Å²) in [6.07, 6.45) is -21.3. The lowest BCUT2D eigenvalue weighted by Gasteiger charge is -2.13. The first-order valence-corrected chi connectivity index (χ1v) is 7.56. The Balaban J connectivity index is 2.69. The minimum absolute atomic E-state index is 0.0293. The van der Waals surface area contributed by atoms with Gasteiger partial charge in [0.05, 0.1) is 22.3 Å². The Hall–Kier alpha value is -3.00. The predicted molar refractivity (Wildman–Crippen MR) is 78.3 cm³/mol. The van der Waals surface area contributed by atoms with E-state index in [0.717, 1.165) is 0 Å². The molecule has 15 heteroatoms. The monoisotopic (exact) mass is 470 g/mol. The molecule has 2 aromatic rings. The second-order valence-electron chi connectivity index (χ2n) is 5.90. The maximum Gasteiger partial charge on any atom is 0.416 e. The molecule has 0 heterocycles. The topological polar surface area (TPSA) is 38.4 Å². The standard InChI is InChI=1S/C16H6F12N2O/c17-13(18,19)7-1-8(14(20,21)22)4-11(3-7)29-30(31)12-5-9(15(23,24)25)2-10(6-12)16(26,27)28/h1-6H. The number of hydrogen-bond acceptors (Lipinski definition) is 2. The first-order chi connectivity index (χ1) is 13.8. The molecule has 0 N–H and O–H groups in total. The molecule has 0 fully saturated rings. The van der Waals surface area contributed by atoms with Gasteiger partial charge in [0.15, 0.2) is 0 Å². The number of benzene rings is 2. The van der Waals surface area contributed by atoms with Gasteiger partial charge in [-0.1, -0.05) is 4.86 Å². The molecule has 2 aromatic carbocycles. The van der Waals surface area contributed by atoms with Crippen molar-refractivity contribution < 1.29 is 57.5 Å². The van der Waals surface area contributed by atoms with E-state index in [9.17, 15) is 57.9 Å². The molecule has 0 aromatic heterocycles. The zero-order chi connectivity index (χ0) is 24.0. The third-order valence-corrected chi connectivity index (χ3v) is 3.57. The molecule has 0 saturated heterocycles. The van der Waals surface area contributed by atoms with Gasteiger partial charge in [-0.15, -0.1) is 0 Å². The zero-order valence-electron chi connectivity index (χ0n) is 14.3. The van der Waals surface area contributed by atoms with Crippen molar-refractivity contribution in [2.75, 3.05) is 0 Å². The number of nitrogens with zero attached hydrogens (tertiary/aromatic N) is 2. The van der Waals surface area contributed by atoms with Gasteiger partial charge in [-0.25, -0.2) is 0 Å². The van der Waals surface area contributed by atoms with Gasteiger partial charge in [-0.05, 0) is 24.3 Å². The summed E-state index contributed by atoms with van der Waals surface area (Å²) in [4.78, 5) is -0.944. The molecule has 3 nitrogen and oxygen atoms in total. The third-order valence-electron chi connectivity index (χ3n) is 3.57. The molecule has 0 unspecified atom stereocenters. The molecule has 0 radical (unpaired) electrons. The lowest BCUT2D eigenvalue weighted by atomic mass is 10.1. The van der Waals surface area contributed by atoms with Gasteiger partial charge in [-0.3, -0.25) is 0 Å². The molecule has 2 rings (SSSR count). The maximum atomic E-state index is 12.8. The van der Waals surface area contributed by atoms with Crippen LogP contribution in [-0.4, -0.2) is 4.86 Å². The summed E-state index contributed by atoms with van der Waals surface area (Å²) in [5.41, 5.74) is -10.4. The van der Waals surface area contributed by atoms with Crippen molar-refractivity contribution in [2.45, 2.75) is 24.7 Å². The van der Waals surface area contributed by atoms with Crippen LogP contribution in [0.1, 0.15) is 22.3 Å². The smallest absolute Gasteiger partial charge is 0.416 e. The molecule has 0 bridgehead atoms. The van der Waals surface area contributed by atoms with Crippen molar-refractivity contribution in [3.05, 3.63) is 63.9 Å². The van der Waals surface area contributed by atoms with Crippen LogP contribution in [0, 0.1) is 5.21 Å². The van der Waals surface area contributed by atoms with Gasteiger partial charge >= 0.3 is 24.7 Å². The van der Waals surface area contributed by atoms with E-state index in [0.29, 0.717) is 0 Å². The fraction of sp³-hybridized carbons (Fsp3) is 0.250. The SMILES string of the molecule is [O-][N+](=Nc1cc(C(F)(F)F)cc(C(F)(F)F)c1)c1cc(C(F)(F)F)cc(C(F)(F)F)c1. The van der Waals surface area contributed by atoms with E-state index in [1.165, 1.54) is 0 Å². The van der Waals surface area contributed by atoms with E-state index in [-0.39, 0.29) is 36.4 Å². The van der Waals surface area contributed by atoms with Crippen LogP contribution in [0.3, 0.4) is 0 Å². The Morgan fingerprint density at radius 1 is 0.516 bits per heavy atom. The molecule has 0 atom stereocenters. The quantitative estimate of drug-likeness (QED) is 0.192. The van der Waals surface area contributed by atoms with Crippen molar-refractivity contribution in [2.24, 2.45) is 5.11 Å². The van der Waals surface area contributed by atoms with E-state index in [2.05, 4.69) is 5.11 Å². The van der Waals surface area contributed by atoms with E-state index in [1.807, 2.05) is 0 Å². The number of hydrogen-bond donors (Lipinski definition) is 0. The molecule has 0 aliphatic carbocycles. The van der Waals surface area contributed by atoms with Crippen LogP contribution in [0.25, 0.3) is 0 Å². The Kier molecular flexibility index (Phi) is 5.95. The van der Waals surface area contributed by atoms with Gasteiger partial charge in [0.1, 0.15) is 5.69 Å². The highest BCUT2D eigenvalue weighted by molar-refractivity contribution is 5.46. The van der Waals surface area contributed by atoms with E-state index in [1.54, 1.807) is 0 Å². The molecule has 0 aliphatic rings. The predicted octanol–water partition coefficient (Wildman–Crippen LogP) is 7.69. The van der Waals surface area contributed by atoms with Gasteiger partial charge in [-0.2, -0.15) is 52.7 Å². The van der Waals surface area contributed by atoms with Crippen molar-refractivity contribution in [1.82, 2.24) is 0 Å². The van der Waals surface area contributed by atoms with Crippen molar-refractivity contribution in [1.29, 1.82) is 0 Å². The summed E-state index contributed by atoms with van der Waals surface area (Å²) in [6.45, 7) is 0. The van der Waals surface area contributed by atoms with Gasteiger partial charge in [0.25, 0.3) is 0 Å². The Morgan fingerprint density at radius 2 is 0.806 bits per heavy atom. The maximum absolute atomic E-state index is 12.8. The largest absolute Gasteiger partial charge is 0.594 e. The van der Waals surface area contributed by atoms with Gasteiger partial charge < -0.3 is 5.21 Å².